The van der Waals surface area contributed by atoms with Gasteiger partial charge in [0, 0.05) is 5.02 Å². The third-order valence-electron chi connectivity index (χ3n) is 3.81. The summed E-state index contributed by atoms with van der Waals surface area (Å²) in [5.74, 6) is -0.872. The van der Waals surface area contributed by atoms with E-state index in [1.165, 1.54) is 19.2 Å². The highest BCUT2D eigenvalue weighted by Gasteiger charge is 2.32. The number of benzene rings is 2. The lowest BCUT2D eigenvalue weighted by Gasteiger charge is -2.31. The number of halogens is 2. The molecule has 0 aliphatic carbocycles. The Hall–Kier alpha value is -2.44. The Kier molecular flexibility index (Phi) is 5.01. The molecule has 0 unspecified atom stereocenters. The van der Waals surface area contributed by atoms with Gasteiger partial charge in [0.25, 0.3) is 0 Å². The summed E-state index contributed by atoms with van der Waals surface area (Å²) < 4.78 is 18.2. The second kappa shape index (κ2) is 7.21. The van der Waals surface area contributed by atoms with Crippen LogP contribution in [0.15, 0.2) is 54.1 Å². The number of rotatable bonds is 3. The largest absolute Gasteiger partial charge is 0.466 e. The lowest BCUT2D eigenvalue weighted by Crippen LogP contribution is -2.45. The zero-order chi connectivity index (χ0) is 18.0. The molecule has 1 aliphatic rings. The van der Waals surface area contributed by atoms with Crippen LogP contribution in [-0.2, 0) is 9.53 Å². The van der Waals surface area contributed by atoms with E-state index >= 15 is 0 Å². The average molecular weight is 377 g/mol. The Morgan fingerprint density at radius 1 is 1.16 bits per heavy atom. The minimum Gasteiger partial charge on any atom is -0.466 e. The summed E-state index contributed by atoms with van der Waals surface area (Å²) in [4.78, 5) is 12.5. The Morgan fingerprint density at radius 2 is 1.80 bits per heavy atom. The highest BCUT2D eigenvalue weighted by atomic mass is 35.5. The van der Waals surface area contributed by atoms with Gasteiger partial charge in [0.2, 0.25) is 0 Å². The molecular weight excluding hydrogens is 363 g/mol. The summed E-state index contributed by atoms with van der Waals surface area (Å²) in [6, 6.07) is 12.3. The van der Waals surface area contributed by atoms with Gasteiger partial charge in [-0.2, -0.15) is 0 Å². The van der Waals surface area contributed by atoms with E-state index in [1.807, 2.05) is 0 Å². The molecule has 2 aromatic carbocycles. The van der Waals surface area contributed by atoms with E-state index < -0.39 is 12.0 Å². The zero-order valence-electron chi connectivity index (χ0n) is 13.2. The first-order valence-corrected chi connectivity index (χ1v) is 8.19. The molecule has 0 radical (unpaired) electrons. The molecule has 25 heavy (non-hydrogen) atoms. The van der Waals surface area contributed by atoms with Crippen LogP contribution < -0.4 is 10.6 Å². The van der Waals surface area contributed by atoms with Gasteiger partial charge in [0.15, 0.2) is 5.11 Å². The van der Waals surface area contributed by atoms with Crippen molar-refractivity contribution in [3.63, 3.8) is 0 Å². The quantitative estimate of drug-likeness (QED) is 0.633. The van der Waals surface area contributed by atoms with Crippen LogP contribution in [-0.4, -0.2) is 18.2 Å². The number of hydrogen-bond donors (Lipinski definition) is 2. The molecule has 2 aromatic rings. The summed E-state index contributed by atoms with van der Waals surface area (Å²) in [7, 11) is 1.31. The Balaban J connectivity index is 2.17. The third-order valence-corrected chi connectivity index (χ3v) is 4.29. The second-order valence-electron chi connectivity index (χ2n) is 5.37. The van der Waals surface area contributed by atoms with Gasteiger partial charge in [-0.25, -0.2) is 9.18 Å². The monoisotopic (exact) mass is 376 g/mol. The number of nitrogens with one attached hydrogen (secondary N) is 2. The van der Waals surface area contributed by atoms with Crippen LogP contribution in [0.3, 0.4) is 0 Å². The predicted molar refractivity (Wildman–Crippen MR) is 98.4 cm³/mol. The fraction of sp³-hybridized carbons (Fsp3) is 0.111. The van der Waals surface area contributed by atoms with Crippen molar-refractivity contribution in [2.24, 2.45) is 0 Å². The Morgan fingerprint density at radius 3 is 2.40 bits per heavy atom. The SMILES string of the molecule is COC(=O)C1=C(c2ccc(Cl)cc2)NC(=S)N[C@H]1c1ccc(F)cc1. The molecule has 3 rings (SSSR count). The van der Waals surface area contributed by atoms with Crippen LogP contribution in [0.4, 0.5) is 4.39 Å². The number of hydrogen-bond acceptors (Lipinski definition) is 3. The lowest BCUT2D eigenvalue weighted by molar-refractivity contribution is -0.136. The van der Waals surface area contributed by atoms with Crippen LogP contribution >= 0.6 is 23.8 Å². The van der Waals surface area contributed by atoms with E-state index in [2.05, 4.69) is 10.6 Å². The zero-order valence-corrected chi connectivity index (χ0v) is 14.7. The molecule has 4 nitrogen and oxygen atoms in total. The van der Waals surface area contributed by atoms with Crippen LogP contribution in [0.1, 0.15) is 17.2 Å². The van der Waals surface area contributed by atoms with Gasteiger partial charge in [-0.05, 0) is 47.6 Å². The van der Waals surface area contributed by atoms with E-state index in [9.17, 15) is 9.18 Å². The molecule has 7 heteroatoms. The van der Waals surface area contributed by atoms with E-state index in [0.717, 1.165) is 5.56 Å². The van der Waals surface area contributed by atoms with Crippen molar-refractivity contribution >= 4 is 40.6 Å². The lowest BCUT2D eigenvalue weighted by atomic mass is 9.93. The van der Waals surface area contributed by atoms with Gasteiger partial charge in [-0.1, -0.05) is 35.9 Å². The number of thiocarbonyl (C=S) groups is 1. The molecule has 2 N–H and O–H groups in total. The van der Waals surface area contributed by atoms with Crippen molar-refractivity contribution in [2.75, 3.05) is 7.11 Å². The van der Waals surface area contributed by atoms with Crippen molar-refractivity contribution < 1.29 is 13.9 Å². The molecule has 0 saturated carbocycles. The van der Waals surface area contributed by atoms with Crippen LogP contribution in [0.5, 0.6) is 0 Å². The van der Waals surface area contributed by atoms with Gasteiger partial charge < -0.3 is 15.4 Å². The van der Waals surface area contributed by atoms with Crippen LogP contribution in [0, 0.1) is 5.82 Å². The van der Waals surface area contributed by atoms with Crippen molar-refractivity contribution in [2.45, 2.75) is 6.04 Å². The van der Waals surface area contributed by atoms with E-state index in [0.29, 0.717) is 27.0 Å². The Labute approximate surface area is 154 Å². The maximum atomic E-state index is 13.3. The van der Waals surface area contributed by atoms with Gasteiger partial charge in [0.1, 0.15) is 5.82 Å². The fourth-order valence-electron chi connectivity index (χ4n) is 2.64. The van der Waals surface area contributed by atoms with Crippen molar-refractivity contribution in [3.8, 4) is 0 Å². The van der Waals surface area contributed by atoms with E-state index in [1.54, 1.807) is 36.4 Å². The number of methoxy groups -OCH3 is 1. The minimum absolute atomic E-state index is 0.352. The van der Waals surface area contributed by atoms with Crippen LogP contribution in [0.2, 0.25) is 5.02 Å². The third kappa shape index (κ3) is 3.65. The maximum absolute atomic E-state index is 13.3. The molecule has 0 fully saturated rings. The fourth-order valence-corrected chi connectivity index (χ4v) is 2.99. The predicted octanol–water partition coefficient (Wildman–Crippen LogP) is 3.58. The molecule has 0 saturated heterocycles. The smallest absolute Gasteiger partial charge is 0.338 e. The minimum atomic E-state index is -0.563. The highest BCUT2D eigenvalue weighted by Crippen LogP contribution is 2.32. The van der Waals surface area contributed by atoms with Gasteiger partial charge >= 0.3 is 5.97 Å². The van der Waals surface area contributed by atoms with E-state index in [4.69, 9.17) is 28.6 Å². The number of ether oxygens (including phenoxy) is 1. The first-order valence-electron chi connectivity index (χ1n) is 7.41. The van der Waals surface area contributed by atoms with Gasteiger partial charge in [0.05, 0.1) is 24.4 Å². The van der Waals surface area contributed by atoms with Gasteiger partial charge in [-0.3, -0.25) is 0 Å². The normalized spacial score (nSPS) is 16.9. The van der Waals surface area contributed by atoms with Crippen LogP contribution in [0.25, 0.3) is 5.70 Å². The van der Waals surface area contributed by atoms with Crippen molar-refractivity contribution in [3.05, 3.63) is 76.1 Å². The molecule has 0 spiro atoms. The topological polar surface area (TPSA) is 50.4 Å². The second-order valence-corrected chi connectivity index (χ2v) is 6.21. The molecule has 1 aliphatic heterocycles. The van der Waals surface area contributed by atoms with Crippen molar-refractivity contribution in [1.29, 1.82) is 0 Å². The summed E-state index contributed by atoms with van der Waals surface area (Å²) in [6.07, 6.45) is 0. The molecule has 1 heterocycles. The molecule has 128 valence electrons. The number of carbonyl (C=O) groups excluding carboxylic acids is 1. The average Bonchev–Trinajstić information content (AvgIpc) is 2.61. The summed E-state index contributed by atoms with van der Waals surface area (Å²) in [5.41, 5.74) is 2.31. The van der Waals surface area contributed by atoms with E-state index in [-0.39, 0.29) is 5.82 Å². The van der Waals surface area contributed by atoms with Gasteiger partial charge in [-0.15, -0.1) is 0 Å². The summed E-state index contributed by atoms with van der Waals surface area (Å²) >= 11 is 11.2. The van der Waals surface area contributed by atoms with Crippen molar-refractivity contribution in [1.82, 2.24) is 10.6 Å². The molecular formula is C18H14ClFN2O2S. The highest BCUT2D eigenvalue weighted by molar-refractivity contribution is 7.80. The molecule has 0 aromatic heterocycles. The standard InChI is InChI=1S/C18H14ClFN2O2S/c1-24-17(23)14-15(10-2-6-12(19)7-3-10)21-18(25)22-16(14)11-4-8-13(20)9-5-11/h2-9,16H,1H3,(H2,21,22,25)/t16-/m0/s1. The Bertz CT molecular complexity index is 850. The molecule has 0 amide bonds. The number of carbonyl (C=O) groups is 1. The first-order chi connectivity index (χ1) is 12.0. The number of esters is 1. The molecule has 0 bridgehead atoms. The summed E-state index contributed by atoms with van der Waals surface area (Å²) in [6.45, 7) is 0. The summed E-state index contributed by atoms with van der Waals surface area (Å²) in [5, 5.41) is 6.99. The first kappa shape index (κ1) is 17.4. The molecule has 1 atom stereocenters. The maximum Gasteiger partial charge on any atom is 0.338 e.